The summed E-state index contributed by atoms with van der Waals surface area (Å²) < 4.78 is 35.6. The second-order valence-electron chi connectivity index (χ2n) is 3.63. The molecule has 1 heterocycles. The summed E-state index contributed by atoms with van der Waals surface area (Å²) in [5.74, 6) is -0.0922. The molecule has 1 rings (SSSR count). The van der Waals surface area contributed by atoms with Gasteiger partial charge in [0.2, 0.25) is 0 Å². The fourth-order valence-electron chi connectivity index (χ4n) is 1.68. The third kappa shape index (κ3) is 3.63. The predicted octanol–water partition coefficient (Wildman–Crippen LogP) is 2.17. The maximum atomic E-state index is 11.9. The molecule has 1 fully saturated rings. The van der Waals surface area contributed by atoms with Gasteiger partial charge in [0.05, 0.1) is 6.00 Å². The summed E-state index contributed by atoms with van der Waals surface area (Å²) in [4.78, 5) is 1.57. The lowest BCUT2D eigenvalue weighted by Crippen LogP contribution is -2.27. The molecule has 14 heavy (non-hydrogen) atoms. The molecule has 0 radical (unpaired) electrons. The molecule has 0 aromatic carbocycles. The Balaban J connectivity index is 2.28. The Hall–Kier alpha value is 0. The lowest BCUT2D eigenvalue weighted by atomic mass is 10.0. The lowest BCUT2D eigenvalue weighted by Gasteiger charge is -2.15. The highest BCUT2D eigenvalue weighted by Crippen LogP contribution is 2.30. The van der Waals surface area contributed by atoms with Crippen LogP contribution in [0.2, 0.25) is 0 Å². The van der Waals surface area contributed by atoms with Crippen LogP contribution in [0.3, 0.4) is 0 Å². The minimum absolute atomic E-state index is 0.0773. The van der Waals surface area contributed by atoms with Crippen LogP contribution in [-0.2, 0) is 0 Å². The van der Waals surface area contributed by atoms with E-state index < -0.39 is 18.8 Å². The van der Waals surface area contributed by atoms with Gasteiger partial charge in [-0.2, -0.15) is 13.2 Å². The Morgan fingerprint density at radius 2 is 2.07 bits per heavy atom. The first-order valence-corrected chi connectivity index (χ1v) is 5.00. The first kappa shape index (κ1) is 12.1. The van der Waals surface area contributed by atoms with E-state index in [2.05, 4.69) is 0 Å². The van der Waals surface area contributed by atoms with Gasteiger partial charge >= 0.3 is 6.18 Å². The Morgan fingerprint density at radius 3 is 2.50 bits per heavy atom. The highest BCUT2D eigenvalue weighted by Gasteiger charge is 2.34. The van der Waals surface area contributed by atoms with Crippen LogP contribution in [0.5, 0.6) is 0 Å². The third-order valence-corrected chi connectivity index (χ3v) is 2.75. The molecular formula is C8H13ClF3NO. The fraction of sp³-hybridized carbons (Fsp3) is 1.00. The van der Waals surface area contributed by atoms with Gasteiger partial charge < -0.3 is 5.11 Å². The van der Waals surface area contributed by atoms with Gasteiger partial charge in [0.25, 0.3) is 0 Å². The molecule has 0 aromatic heterocycles. The summed E-state index contributed by atoms with van der Waals surface area (Å²) in [6, 6.07) is 0.170. The molecule has 84 valence electrons. The lowest BCUT2D eigenvalue weighted by molar-refractivity contribution is -0.137. The van der Waals surface area contributed by atoms with Crippen molar-refractivity contribution in [2.45, 2.75) is 31.7 Å². The zero-order valence-electron chi connectivity index (χ0n) is 7.60. The van der Waals surface area contributed by atoms with Crippen molar-refractivity contribution in [3.05, 3.63) is 0 Å². The van der Waals surface area contributed by atoms with E-state index in [-0.39, 0.29) is 18.3 Å². The van der Waals surface area contributed by atoms with Gasteiger partial charge in [-0.25, -0.2) is 0 Å². The molecule has 6 heteroatoms. The molecule has 1 saturated heterocycles. The van der Waals surface area contributed by atoms with Crippen molar-refractivity contribution in [2.24, 2.45) is 5.92 Å². The van der Waals surface area contributed by atoms with E-state index >= 15 is 0 Å². The zero-order chi connectivity index (χ0) is 10.8. The monoisotopic (exact) mass is 231 g/mol. The number of likely N-dealkylation sites (tertiary alicyclic amines) is 1. The number of alkyl halides is 4. The SMILES string of the molecule is OC1CC(CCC(F)(F)F)CN1CCl. The summed E-state index contributed by atoms with van der Waals surface area (Å²) in [6.45, 7) is 0.459. The van der Waals surface area contributed by atoms with Crippen LogP contribution in [0.4, 0.5) is 13.2 Å². The predicted molar refractivity (Wildman–Crippen MR) is 46.8 cm³/mol. The summed E-state index contributed by atoms with van der Waals surface area (Å²) >= 11 is 5.50. The smallest absolute Gasteiger partial charge is 0.378 e. The van der Waals surface area contributed by atoms with Crippen LogP contribution in [0.25, 0.3) is 0 Å². The highest BCUT2D eigenvalue weighted by atomic mass is 35.5. The van der Waals surface area contributed by atoms with Gasteiger partial charge in [-0.3, -0.25) is 4.90 Å². The van der Waals surface area contributed by atoms with E-state index in [1.807, 2.05) is 0 Å². The summed E-state index contributed by atoms with van der Waals surface area (Å²) in [6.07, 6.45) is -5.08. The minimum Gasteiger partial charge on any atom is -0.378 e. The maximum Gasteiger partial charge on any atom is 0.389 e. The Kier molecular flexibility index (Phi) is 4.04. The molecule has 2 unspecified atom stereocenters. The third-order valence-electron chi connectivity index (χ3n) is 2.45. The number of rotatable bonds is 3. The average molecular weight is 232 g/mol. The van der Waals surface area contributed by atoms with Crippen LogP contribution in [0.15, 0.2) is 0 Å². The van der Waals surface area contributed by atoms with E-state index in [1.165, 1.54) is 0 Å². The second kappa shape index (κ2) is 4.68. The van der Waals surface area contributed by atoms with Gasteiger partial charge in [0.15, 0.2) is 0 Å². The Bertz CT molecular complexity index is 188. The zero-order valence-corrected chi connectivity index (χ0v) is 8.35. The molecule has 2 atom stereocenters. The van der Waals surface area contributed by atoms with Crippen molar-refractivity contribution in [3.63, 3.8) is 0 Å². The molecular weight excluding hydrogens is 219 g/mol. The van der Waals surface area contributed by atoms with E-state index in [1.54, 1.807) is 4.90 Å². The molecule has 0 amide bonds. The number of hydrogen-bond acceptors (Lipinski definition) is 2. The molecule has 0 aliphatic carbocycles. The minimum atomic E-state index is -4.10. The number of hydrogen-bond donors (Lipinski definition) is 1. The van der Waals surface area contributed by atoms with Crippen molar-refractivity contribution < 1.29 is 18.3 Å². The van der Waals surface area contributed by atoms with E-state index in [4.69, 9.17) is 11.6 Å². The summed E-state index contributed by atoms with van der Waals surface area (Å²) in [7, 11) is 0. The van der Waals surface area contributed by atoms with Crippen molar-refractivity contribution in [1.82, 2.24) is 4.90 Å². The Morgan fingerprint density at radius 1 is 1.43 bits per heavy atom. The quantitative estimate of drug-likeness (QED) is 0.594. The first-order valence-electron chi connectivity index (χ1n) is 4.47. The van der Waals surface area contributed by atoms with E-state index in [0.717, 1.165) is 0 Å². The van der Waals surface area contributed by atoms with Crippen LogP contribution in [0.1, 0.15) is 19.3 Å². The highest BCUT2D eigenvalue weighted by molar-refractivity contribution is 6.17. The van der Waals surface area contributed by atoms with Gasteiger partial charge in [-0.1, -0.05) is 0 Å². The number of aliphatic hydroxyl groups excluding tert-OH is 1. The van der Waals surface area contributed by atoms with Crippen LogP contribution < -0.4 is 0 Å². The molecule has 0 bridgehead atoms. The van der Waals surface area contributed by atoms with Gasteiger partial charge in [0, 0.05) is 13.0 Å². The number of halogens is 4. The average Bonchev–Trinajstić information content (AvgIpc) is 2.42. The van der Waals surface area contributed by atoms with Gasteiger partial charge in [-0.15, -0.1) is 11.6 Å². The number of nitrogens with zero attached hydrogens (tertiary/aromatic N) is 1. The van der Waals surface area contributed by atoms with Crippen molar-refractivity contribution >= 4 is 11.6 Å². The molecule has 1 aliphatic rings. The maximum absolute atomic E-state index is 11.9. The number of aliphatic hydroxyl groups is 1. The Labute approximate surface area is 85.6 Å². The summed E-state index contributed by atoms with van der Waals surface area (Å²) in [5, 5.41) is 9.35. The fourth-order valence-corrected chi connectivity index (χ4v) is 1.94. The second-order valence-corrected chi connectivity index (χ2v) is 3.87. The van der Waals surface area contributed by atoms with Gasteiger partial charge in [-0.05, 0) is 18.8 Å². The summed E-state index contributed by atoms with van der Waals surface area (Å²) in [5.41, 5.74) is 0. The van der Waals surface area contributed by atoms with E-state index in [0.29, 0.717) is 13.0 Å². The van der Waals surface area contributed by atoms with Crippen molar-refractivity contribution in [2.75, 3.05) is 12.5 Å². The molecule has 2 nitrogen and oxygen atoms in total. The van der Waals surface area contributed by atoms with Crippen molar-refractivity contribution in [3.8, 4) is 0 Å². The standard InChI is InChI=1S/C8H13ClF3NO/c9-5-13-4-6(3-7(13)14)1-2-8(10,11)12/h6-7,14H,1-5H2. The van der Waals surface area contributed by atoms with Gasteiger partial charge in [0.1, 0.15) is 6.23 Å². The van der Waals surface area contributed by atoms with Crippen LogP contribution in [0, 0.1) is 5.92 Å². The first-order chi connectivity index (χ1) is 6.42. The van der Waals surface area contributed by atoms with Crippen molar-refractivity contribution in [1.29, 1.82) is 0 Å². The topological polar surface area (TPSA) is 23.5 Å². The molecule has 0 aromatic rings. The molecule has 1 aliphatic heterocycles. The van der Waals surface area contributed by atoms with E-state index in [9.17, 15) is 18.3 Å². The van der Waals surface area contributed by atoms with Crippen LogP contribution >= 0.6 is 11.6 Å². The van der Waals surface area contributed by atoms with Crippen LogP contribution in [-0.4, -0.2) is 35.0 Å². The molecule has 1 N–H and O–H groups in total. The largest absolute Gasteiger partial charge is 0.389 e. The molecule has 0 spiro atoms. The molecule has 0 saturated carbocycles. The normalized spacial score (nSPS) is 29.8.